The van der Waals surface area contributed by atoms with Crippen molar-refractivity contribution in [3.8, 4) is 0 Å². The third-order valence-corrected chi connectivity index (χ3v) is 9.50. The third kappa shape index (κ3) is 6.61. The highest BCUT2D eigenvalue weighted by Crippen LogP contribution is 2.49. The summed E-state index contributed by atoms with van der Waals surface area (Å²) in [5.41, 5.74) is -1.10. The van der Waals surface area contributed by atoms with Crippen molar-refractivity contribution in [1.82, 2.24) is 15.5 Å². The Bertz CT molecular complexity index is 757. The van der Waals surface area contributed by atoms with Crippen LogP contribution in [0.2, 0.25) is 0 Å². The highest BCUT2D eigenvalue weighted by molar-refractivity contribution is 5.77. The summed E-state index contributed by atoms with van der Waals surface area (Å²) in [6.07, 6.45) is 10.9. The van der Waals surface area contributed by atoms with Crippen molar-refractivity contribution < 1.29 is 24.9 Å². The standard InChI is InChI=1S/C28H49N3O5/c1-18(2)14-23(29-24(32)15-19-8-4-3-5-9-19)25(33)30-28(16-22(28)26(34)35)27(36)31-13-12-20-10-6-7-11-21(20)17-31/h18-23,25,27,30,33,36H,3-17H2,1-2H3,(H,29,32)(H,34,35). The number of likely N-dealkylation sites (tertiary alicyclic amines) is 1. The first-order chi connectivity index (χ1) is 17.2. The van der Waals surface area contributed by atoms with Crippen LogP contribution in [0.1, 0.15) is 97.3 Å². The number of rotatable bonds is 11. The van der Waals surface area contributed by atoms with Gasteiger partial charge in [0.1, 0.15) is 12.5 Å². The highest BCUT2D eigenvalue weighted by Gasteiger charge is 2.65. The van der Waals surface area contributed by atoms with Crippen molar-refractivity contribution in [2.45, 2.75) is 121 Å². The molecule has 1 amide bonds. The van der Waals surface area contributed by atoms with Crippen LogP contribution in [-0.2, 0) is 9.59 Å². The predicted octanol–water partition coefficient (Wildman–Crippen LogP) is 3.07. The second kappa shape index (κ2) is 12.1. The van der Waals surface area contributed by atoms with Crippen LogP contribution in [0.3, 0.4) is 0 Å². The summed E-state index contributed by atoms with van der Waals surface area (Å²) in [6, 6.07) is -0.538. The number of hydrogen-bond acceptors (Lipinski definition) is 6. The molecule has 3 aliphatic carbocycles. The predicted molar refractivity (Wildman–Crippen MR) is 138 cm³/mol. The van der Waals surface area contributed by atoms with Crippen molar-refractivity contribution in [1.29, 1.82) is 0 Å². The van der Waals surface area contributed by atoms with E-state index in [0.717, 1.165) is 32.4 Å². The Morgan fingerprint density at radius 1 is 0.972 bits per heavy atom. The fourth-order valence-corrected chi connectivity index (χ4v) is 7.35. The third-order valence-electron chi connectivity index (χ3n) is 9.50. The maximum absolute atomic E-state index is 12.9. The SMILES string of the molecule is CC(C)CC(NC(=O)CC1CCCCC1)C(O)NC1(C(O)N2CCC3CCCCC3C2)CC1C(=O)O. The molecule has 0 spiro atoms. The molecule has 0 radical (unpaired) electrons. The average molecular weight is 508 g/mol. The molecule has 0 aromatic rings. The van der Waals surface area contributed by atoms with Crippen molar-refractivity contribution >= 4 is 11.9 Å². The molecule has 7 atom stereocenters. The van der Waals surface area contributed by atoms with E-state index in [1.54, 1.807) is 0 Å². The molecule has 0 aromatic carbocycles. The molecular weight excluding hydrogens is 458 g/mol. The molecule has 0 bridgehead atoms. The Morgan fingerprint density at radius 3 is 2.28 bits per heavy atom. The molecule has 1 aliphatic heterocycles. The number of aliphatic carboxylic acids is 1. The summed E-state index contributed by atoms with van der Waals surface area (Å²) in [4.78, 5) is 26.9. The minimum Gasteiger partial charge on any atom is -0.481 e. The van der Waals surface area contributed by atoms with Crippen molar-refractivity contribution in [3.63, 3.8) is 0 Å². The van der Waals surface area contributed by atoms with Gasteiger partial charge >= 0.3 is 5.97 Å². The number of amides is 1. The van der Waals surface area contributed by atoms with Gasteiger partial charge in [0.2, 0.25) is 5.91 Å². The number of hydrogen-bond donors (Lipinski definition) is 5. The molecule has 206 valence electrons. The molecule has 3 saturated carbocycles. The van der Waals surface area contributed by atoms with Gasteiger partial charge in [-0.05, 0) is 62.2 Å². The number of aliphatic hydroxyl groups is 2. The van der Waals surface area contributed by atoms with E-state index in [1.165, 1.54) is 44.9 Å². The van der Waals surface area contributed by atoms with E-state index in [-0.39, 0.29) is 18.2 Å². The lowest BCUT2D eigenvalue weighted by Gasteiger charge is -2.45. The van der Waals surface area contributed by atoms with Gasteiger partial charge in [0.05, 0.1) is 17.5 Å². The number of nitrogens with zero attached hydrogens (tertiary/aromatic N) is 1. The summed E-state index contributed by atoms with van der Waals surface area (Å²) in [7, 11) is 0. The molecule has 1 saturated heterocycles. The van der Waals surface area contributed by atoms with E-state index >= 15 is 0 Å². The summed E-state index contributed by atoms with van der Waals surface area (Å²) in [5, 5.41) is 38.8. The summed E-state index contributed by atoms with van der Waals surface area (Å²) >= 11 is 0. The number of carboxylic acids is 1. The quantitative estimate of drug-likeness (QED) is 0.272. The number of fused-ring (bicyclic) bond motifs is 1. The first-order valence-corrected chi connectivity index (χ1v) is 14.6. The van der Waals surface area contributed by atoms with Crippen LogP contribution in [0.25, 0.3) is 0 Å². The number of piperidine rings is 1. The first-order valence-electron chi connectivity index (χ1n) is 14.6. The highest BCUT2D eigenvalue weighted by atomic mass is 16.4. The molecule has 36 heavy (non-hydrogen) atoms. The minimum absolute atomic E-state index is 0.0482. The van der Waals surface area contributed by atoms with Crippen LogP contribution >= 0.6 is 0 Å². The molecular formula is C28H49N3O5. The lowest BCUT2D eigenvalue weighted by atomic mass is 9.75. The second-order valence-corrected chi connectivity index (χ2v) is 12.7. The Kier molecular flexibility index (Phi) is 9.34. The number of carbonyl (C=O) groups excluding carboxylic acids is 1. The van der Waals surface area contributed by atoms with Crippen molar-refractivity contribution in [3.05, 3.63) is 0 Å². The van der Waals surface area contributed by atoms with Gasteiger partial charge in [0.15, 0.2) is 0 Å². The van der Waals surface area contributed by atoms with E-state index in [0.29, 0.717) is 30.6 Å². The van der Waals surface area contributed by atoms with Gasteiger partial charge in [0, 0.05) is 19.5 Å². The molecule has 5 N–H and O–H groups in total. The number of aliphatic hydroxyl groups excluding tert-OH is 2. The Morgan fingerprint density at radius 2 is 1.64 bits per heavy atom. The van der Waals surface area contributed by atoms with E-state index < -0.39 is 35.9 Å². The van der Waals surface area contributed by atoms with Gasteiger partial charge in [-0.1, -0.05) is 52.4 Å². The van der Waals surface area contributed by atoms with Gasteiger partial charge in [-0.2, -0.15) is 0 Å². The smallest absolute Gasteiger partial charge is 0.308 e. The maximum Gasteiger partial charge on any atom is 0.308 e. The van der Waals surface area contributed by atoms with Crippen LogP contribution in [0.15, 0.2) is 0 Å². The Hall–Kier alpha value is -1.22. The number of carboxylic acid groups (broad SMARTS) is 1. The molecule has 4 aliphatic rings. The van der Waals surface area contributed by atoms with Crippen LogP contribution in [0.4, 0.5) is 0 Å². The summed E-state index contributed by atoms with van der Waals surface area (Å²) < 4.78 is 0. The zero-order valence-corrected chi connectivity index (χ0v) is 22.3. The topological polar surface area (TPSA) is 122 Å². The van der Waals surface area contributed by atoms with Gasteiger partial charge < -0.3 is 20.6 Å². The maximum atomic E-state index is 12.9. The fourth-order valence-electron chi connectivity index (χ4n) is 7.35. The van der Waals surface area contributed by atoms with Gasteiger partial charge in [-0.25, -0.2) is 0 Å². The van der Waals surface area contributed by atoms with Gasteiger partial charge in [0.25, 0.3) is 0 Å². The molecule has 7 unspecified atom stereocenters. The number of nitrogens with one attached hydrogen (secondary N) is 2. The zero-order chi connectivity index (χ0) is 25.9. The Labute approximate surface area is 216 Å². The van der Waals surface area contributed by atoms with E-state index in [1.807, 2.05) is 18.7 Å². The summed E-state index contributed by atoms with van der Waals surface area (Å²) in [6.45, 7) is 5.62. The lowest BCUT2D eigenvalue weighted by molar-refractivity contribution is -0.142. The fraction of sp³-hybridized carbons (Fsp3) is 0.929. The molecule has 8 heteroatoms. The zero-order valence-electron chi connectivity index (χ0n) is 22.3. The molecule has 4 fully saturated rings. The lowest BCUT2D eigenvalue weighted by Crippen LogP contribution is -2.62. The minimum atomic E-state index is -1.13. The van der Waals surface area contributed by atoms with Crippen LogP contribution < -0.4 is 10.6 Å². The molecule has 4 rings (SSSR count). The van der Waals surface area contributed by atoms with E-state index in [2.05, 4.69) is 10.6 Å². The summed E-state index contributed by atoms with van der Waals surface area (Å²) in [5.74, 6) is 0.140. The van der Waals surface area contributed by atoms with Crippen LogP contribution in [0, 0.1) is 29.6 Å². The average Bonchev–Trinajstić information content (AvgIpc) is 3.58. The second-order valence-electron chi connectivity index (χ2n) is 12.7. The molecule has 8 nitrogen and oxygen atoms in total. The van der Waals surface area contributed by atoms with Crippen LogP contribution in [0.5, 0.6) is 0 Å². The largest absolute Gasteiger partial charge is 0.481 e. The van der Waals surface area contributed by atoms with Crippen LogP contribution in [-0.4, -0.2) is 69.2 Å². The van der Waals surface area contributed by atoms with Crippen molar-refractivity contribution in [2.75, 3.05) is 13.1 Å². The normalized spacial score (nSPS) is 34.0. The molecule has 0 aromatic heterocycles. The molecule has 1 heterocycles. The van der Waals surface area contributed by atoms with E-state index in [4.69, 9.17) is 0 Å². The van der Waals surface area contributed by atoms with E-state index in [9.17, 15) is 24.9 Å². The number of carbonyl (C=O) groups is 2. The Balaban J connectivity index is 1.41. The first kappa shape index (κ1) is 27.8. The monoisotopic (exact) mass is 507 g/mol. The van der Waals surface area contributed by atoms with Crippen molar-refractivity contribution in [2.24, 2.45) is 29.6 Å². The van der Waals surface area contributed by atoms with Gasteiger partial charge in [-0.3, -0.25) is 19.8 Å². The van der Waals surface area contributed by atoms with Gasteiger partial charge in [-0.15, -0.1) is 0 Å².